The summed E-state index contributed by atoms with van der Waals surface area (Å²) >= 11 is 0. The summed E-state index contributed by atoms with van der Waals surface area (Å²) in [5, 5.41) is 14.3. The lowest BCUT2D eigenvalue weighted by atomic mass is 10.2. The van der Waals surface area contributed by atoms with E-state index >= 15 is 0 Å². The molecule has 1 heterocycles. The molecule has 0 aliphatic heterocycles. The topological polar surface area (TPSA) is 82.7 Å². The number of benzene rings is 2. The SMILES string of the molecule is N#Cc1ccc(NC(=O)NCCCn2cnc3ccccc32)cc1. The summed E-state index contributed by atoms with van der Waals surface area (Å²) < 4.78 is 2.08. The van der Waals surface area contributed by atoms with Crippen molar-refractivity contribution < 1.29 is 4.79 Å². The maximum absolute atomic E-state index is 11.8. The first-order valence-corrected chi connectivity index (χ1v) is 7.71. The van der Waals surface area contributed by atoms with Gasteiger partial charge in [-0.2, -0.15) is 5.26 Å². The summed E-state index contributed by atoms with van der Waals surface area (Å²) in [5.74, 6) is 0. The van der Waals surface area contributed by atoms with Gasteiger partial charge in [0.1, 0.15) is 0 Å². The van der Waals surface area contributed by atoms with Crippen molar-refractivity contribution >= 4 is 22.8 Å². The van der Waals surface area contributed by atoms with Crippen LogP contribution in [0.5, 0.6) is 0 Å². The standard InChI is InChI=1S/C18H17N5O/c19-12-14-6-8-15(9-7-14)22-18(24)20-10-3-11-23-13-21-16-4-1-2-5-17(16)23/h1-2,4-9,13H,3,10-11H2,(H2,20,22,24). The highest BCUT2D eigenvalue weighted by Crippen LogP contribution is 2.12. The van der Waals surface area contributed by atoms with Gasteiger partial charge in [-0.05, 0) is 42.8 Å². The Labute approximate surface area is 139 Å². The van der Waals surface area contributed by atoms with Gasteiger partial charge in [0.15, 0.2) is 0 Å². The maximum atomic E-state index is 11.8. The number of hydrogen-bond donors (Lipinski definition) is 2. The summed E-state index contributed by atoms with van der Waals surface area (Å²) in [4.78, 5) is 16.2. The summed E-state index contributed by atoms with van der Waals surface area (Å²) in [6.45, 7) is 1.35. The average Bonchev–Trinajstić information content (AvgIpc) is 3.03. The molecule has 2 amide bonds. The number of carbonyl (C=O) groups is 1. The average molecular weight is 319 g/mol. The van der Waals surface area contributed by atoms with Crippen molar-refractivity contribution in [3.63, 3.8) is 0 Å². The predicted molar refractivity (Wildman–Crippen MR) is 92.5 cm³/mol. The number of amides is 2. The zero-order valence-corrected chi connectivity index (χ0v) is 13.1. The Morgan fingerprint density at radius 2 is 1.96 bits per heavy atom. The highest BCUT2D eigenvalue weighted by atomic mass is 16.2. The predicted octanol–water partition coefficient (Wildman–Crippen LogP) is 3.12. The Bertz CT molecular complexity index is 876. The van der Waals surface area contributed by atoms with Gasteiger partial charge >= 0.3 is 6.03 Å². The molecule has 0 unspecified atom stereocenters. The molecule has 0 saturated heterocycles. The lowest BCUT2D eigenvalue weighted by molar-refractivity contribution is 0.252. The minimum Gasteiger partial charge on any atom is -0.338 e. The maximum Gasteiger partial charge on any atom is 0.319 e. The van der Waals surface area contributed by atoms with Gasteiger partial charge in [-0.1, -0.05) is 12.1 Å². The Kier molecular flexibility index (Phi) is 4.73. The number of para-hydroxylation sites is 2. The molecule has 6 heteroatoms. The summed E-state index contributed by atoms with van der Waals surface area (Å²) in [5.41, 5.74) is 3.30. The van der Waals surface area contributed by atoms with Crippen LogP contribution in [0, 0.1) is 11.3 Å². The molecular weight excluding hydrogens is 302 g/mol. The van der Waals surface area contributed by atoms with E-state index in [0.717, 1.165) is 24.0 Å². The number of rotatable bonds is 5. The molecule has 0 bridgehead atoms. The Balaban J connectivity index is 1.44. The van der Waals surface area contributed by atoms with Crippen molar-refractivity contribution in [3.05, 3.63) is 60.4 Å². The molecule has 3 aromatic rings. The van der Waals surface area contributed by atoms with Gasteiger partial charge in [0.25, 0.3) is 0 Å². The molecular formula is C18H17N5O. The van der Waals surface area contributed by atoms with Crippen molar-refractivity contribution in [3.8, 4) is 6.07 Å². The van der Waals surface area contributed by atoms with E-state index < -0.39 is 0 Å². The van der Waals surface area contributed by atoms with Crippen molar-refractivity contribution in [1.29, 1.82) is 5.26 Å². The first-order valence-electron chi connectivity index (χ1n) is 7.71. The lowest BCUT2D eigenvalue weighted by Gasteiger charge is -2.08. The van der Waals surface area contributed by atoms with Crippen LogP contribution in [-0.4, -0.2) is 22.1 Å². The molecule has 120 valence electrons. The van der Waals surface area contributed by atoms with E-state index in [9.17, 15) is 4.79 Å². The number of nitriles is 1. The largest absolute Gasteiger partial charge is 0.338 e. The van der Waals surface area contributed by atoms with Crippen LogP contribution in [0.1, 0.15) is 12.0 Å². The quantitative estimate of drug-likeness (QED) is 0.709. The first kappa shape index (κ1) is 15.6. The molecule has 3 rings (SSSR count). The van der Waals surface area contributed by atoms with Crippen molar-refractivity contribution in [2.45, 2.75) is 13.0 Å². The number of imidazole rings is 1. The molecule has 0 spiro atoms. The van der Waals surface area contributed by atoms with Gasteiger partial charge < -0.3 is 15.2 Å². The fourth-order valence-corrected chi connectivity index (χ4v) is 2.44. The normalized spacial score (nSPS) is 10.3. The number of nitrogens with one attached hydrogen (secondary N) is 2. The third-order valence-electron chi connectivity index (χ3n) is 3.66. The highest BCUT2D eigenvalue weighted by molar-refractivity contribution is 5.89. The number of nitrogens with zero attached hydrogens (tertiary/aromatic N) is 3. The van der Waals surface area contributed by atoms with Crippen molar-refractivity contribution in [1.82, 2.24) is 14.9 Å². The van der Waals surface area contributed by atoms with Crippen LogP contribution < -0.4 is 10.6 Å². The Morgan fingerprint density at radius 1 is 1.17 bits per heavy atom. The van der Waals surface area contributed by atoms with Crippen LogP contribution in [0.4, 0.5) is 10.5 Å². The van der Waals surface area contributed by atoms with Crippen LogP contribution in [-0.2, 0) is 6.54 Å². The minimum absolute atomic E-state index is 0.254. The number of carbonyl (C=O) groups excluding carboxylic acids is 1. The van der Waals surface area contributed by atoms with E-state index in [4.69, 9.17) is 5.26 Å². The zero-order valence-electron chi connectivity index (χ0n) is 13.1. The van der Waals surface area contributed by atoms with Crippen LogP contribution in [0.15, 0.2) is 54.9 Å². The van der Waals surface area contributed by atoms with Crippen LogP contribution in [0.2, 0.25) is 0 Å². The number of fused-ring (bicyclic) bond motifs is 1. The lowest BCUT2D eigenvalue weighted by Crippen LogP contribution is -2.30. The smallest absolute Gasteiger partial charge is 0.319 e. The minimum atomic E-state index is -0.254. The summed E-state index contributed by atoms with van der Waals surface area (Å²) in [6, 6.07) is 16.5. The first-order chi connectivity index (χ1) is 11.8. The summed E-state index contributed by atoms with van der Waals surface area (Å²) in [6.07, 6.45) is 2.63. The van der Waals surface area contributed by atoms with Gasteiger partial charge in [-0.25, -0.2) is 9.78 Å². The van der Waals surface area contributed by atoms with Crippen LogP contribution >= 0.6 is 0 Å². The second kappa shape index (κ2) is 7.29. The van der Waals surface area contributed by atoms with E-state index in [-0.39, 0.29) is 6.03 Å². The van der Waals surface area contributed by atoms with Gasteiger partial charge in [0, 0.05) is 18.8 Å². The van der Waals surface area contributed by atoms with E-state index in [0.29, 0.717) is 17.8 Å². The van der Waals surface area contributed by atoms with Crippen LogP contribution in [0.25, 0.3) is 11.0 Å². The monoisotopic (exact) mass is 319 g/mol. The number of anilines is 1. The zero-order chi connectivity index (χ0) is 16.8. The molecule has 0 radical (unpaired) electrons. The number of aromatic nitrogens is 2. The fraction of sp³-hybridized carbons (Fsp3) is 0.167. The number of urea groups is 1. The second-order valence-electron chi connectivity index (χ2n) is 5.35. The third-order valence-corrected chi connectivity index (χ3v) is 3.66. The van der Waals surface area contributed by atoms with Gasteiger partial charge in [0.05, 0.1) is 29.0 Å². The van der Waals surface area contributed by atoms with Gasteiger partial charge in [-0.15, -0.1) is 0 Å². The number of hydrogen-bond acceptors (Lipinski definition) is 3. The molecule has 2 N–H and O–H groups in total. The molecule has 0 aliphatic carbocycles. The van der Waals surface area contributed by atoms with E-state index in [1.54, 1.807) is 24.3 Å². The molecule has 1 aromatic heterocycles. The van der Waals surface area contributed by atoms with Crippen molar-refractivity contribution in [2.75, 3.05) is 11.9 Å². The Hall–Kier alpha value is -3.33. The molecule has 6 nitrogen and oxygen atoms in total. The Morgan fingerprint density at radius 3 is 2.75 bits per heavy atom. The molecule has 0 saturated carbocycles. The third kappa shape index (κ3) is 3.70. The van der Waals surface area contributed by atoms with E-state index in [1.807, 2.05) is 36.7 Å². The van der Waals surface area contributed by atoms with Gasteiger partial charge in [0.2, 0.25) is 0 Å². The molecule has 24 heavy (non-hydrogen) atoms. The molecule has 0 atom stereocenters. The fourth-order valence-electron chi connectivity index (χ4n) is 2.44. The van der Waals surface area contributed by atoms with Crippen LogP contribution in [0.3, 0.4) is 0 Å². The number of aryl methyl sites for hydroxylation is 1. The molecule has 0 aliphatic rings. The highest BCUT2D eigenvalue weighted by Gasteiger charge is 2.03. The molecule has 2 aromatic carbocycles. The second-order valence-corrected chi connectivity index (χ2v) is 5.35. The van der Waals surface area contributed by atoms with Gasteiger partial charge in [-0.3, -0.25) is 0 Å². The van der Waals surface area contributed by atoms with Crippen molar-refractivity contribution in [2.24, 2.45) is 0 Å². The van der Waals surface area contributed by atoms with E-state index in [2.05, 4.69) is 20.2 Å². The van der Waals surface area contributed by atoms with E-state index in [1.165, 1.54) is 0 Å². The molecule has 0 fully saturated rings. The summed E-state index contributed by atoms with van der Waals surface area (Å²) in [7, 11) is 0.